The molecule has 0 heterocycles. The van der Waals surface area contributed by atoms with E-state index in [1.165, 1.54) is 11.1 Å². The minimum absolute atomic E-state index is 0.0634. The van der Waals surface area contributed by atoms with Gasteiger partial charge in [0, 0.05) is 0 Å². The quantitative estimate of drug-likeness (QED) is 0.849. The Balaban J connectivity index is 3.00. The van der Waals surface area contributed by atoms with Gasteiger partial charge < -0.3 is 5.32 Å². The summed E-state index contributed by atoms with van der Waals surface area (Å²) in [5.41, 5.74) is 2.13. The third kappa shape index (κ3) is 3.11. The van der Waals surface area contributed by atoms with Crippen molar-refractivity contribution < 1.29 is 0 Å². The SMILES string of the molecule is CCC(C)c1ccc(C(NC)C(C)(C)C#N)cc1. The Hall–Kier alpha value is -1.33. The van der Waals surface area contributed by atoms with Crippen LogP contribution in [0.25, 0.3) is 0 Å². The third-order valence-corrected chi connectivity index (χ3v) is 3.75. The number of hydrogen-bond acceptors (Lipinski definition) is 2. The molecule has 1 N–H and O–H groups in total. The van der Waals surface area contributed by atoms with E-state index in [1.54, 1.807) is 0 Å². The van der Waals surface area contributed by atoms with Gasteiger partial charge in [-0.05, 0) is 44.4 Å². The van der Waals surface area contributed by atoms with Gasteiger partial charge in [-0.15, -0.1) is 0 Å². The van der Waals surface area contributed by atoms with Crippen LogP contribution in [0.15, 0.2) is 24.3 Å². The molecule has 2 heteroatoms. The molecule has 1 aromatic carbocycles. The molecule has 98 valence electrons. The predicted octanol–water partition coefficient (Wildman–Crippen LogP) is 4.01. The summed E-state index contributed by atoms with van der Waals surface area (Å²) in [6.45, 7) is 8.38. The van der Waals surface area contributed by atoms with Crippen LogP contribution < -0.4 is 5.32 Å². The van der Waals surface area contributed by atoms with Crippen LogP contribution in [-0.2, 0) is 0 Å². The lowest BCUT2D eigenvalue weighted by Gasteiger charge is -2.28. The van der Waals surface area contributed by atoms with Crippen LogP contribution in [0, 0.1) is 16.7 Å². The van der Waals surface area contributed by atoms with Crippen LogP contribution in [0.4, 0.5) is 0 Å². The van der Waals surface area contributed by atoms with E-state index in [2.05, 4.69) is 49.5 Å². The maximum absolute atomic E-state index is 9.25. The maximum Gasteiger partial charge on any atom is 0.0712 e. The predicted molar refractivity (Wildman–Crippen MR) is 76.3 cm³/mol. The van der Waals surface area contributed by atoms with Crippen molar-refractivity contribution in [2.75, 3.05) is 7.05 Å². The maximum atomic E-state index is 9.25. The van der Waals surface area contributed by atoms with Gasteiger partial charge in [0.25, 0.3) is 0 Å². The smallest absolute Gasteiger partial charge is 0.0712 e. The number of rotatable bonds is 5. The molecule has 0 radical (unpaired) electrons. The zero-order chi connectivity index (χ0) is 13.8. The van der Waals surface area contributed by atoms with Gasteiger partial charge >= 0.3 is 0 Å². The second-order valence-electron chi connectivity index (χ2n) is 5.53. The molecule has 0 aliphatic heterocycles. The molecule has 1 aromatic rings. The van der Waals surface area contributed by atoms with E-state index in [4.69, 9.17) is 0 Å². The van der Waals surface area contributed by atoms with E-state index in [9.17, 15) is 5.26 Å². The summed E-state index contributed by atoms with van der Waals surface area (Å²) in [5, 5.41) is 12.5. The molecule has 18 heavy (non-hydrogen) atoms. The number of nitrogens with zero attached hydrogens (tertiary/aromatic N) is 1. The Labute approximate surface area is 111 Å². The molecule has 0 fully saturated rings. The zero-order valence-electron chi connectivity index (χ0n) is 12.1. The fraction of sp³-hybridized carbons (Fsp3) is 0.562. The van der Waals surface area contributed by atoms with E-state index in [-0.39, 0.29) is 6.04 Å². The number of benzene rings is 1. The van der Waals surface area contributed by atoms with Crippen molar-refractivity contribution in [2.45, 2.75) is 46.1 Å². The highest BCUT2D eigenvalue weighted by Crippen LogP contribution is 2.33. The van der Waals surface area contributed by atoms with E-state index in [0.717, 1.165) is 6.42 Å². The summed E-state index contributed by atoms with van der Waals surface area (Å²) in [7, 11) is 1.91. The minimum Gasteiger partial charge on any atom is -0.312 e. The highest BCUT2D eigenvalue weighted by molar-refractivity contribution is 5.29. The largest absolute Gasteiger partial charge is 0.312 e. The summed E-state index contributed by atoms with van der Waals surface area (Å²) in [5.74, 6) is 0.594. The number of nitrogens with one attached hydrogen (secondary N) is 1. The Morgan fingerprint density at radius 2 is 1.72 bits per heavy atom. The Bertz CT molecular complexity index is 412. The molecule has 0 aliphatic carbocycles. The first-order valence-corrected chi connectivity index (χ1v) is 6.64. The van der Waals surface area contributed by atoms with Crippen LogP contribution in [0.2, 0.25) is 0 Å². The molecular weight excluding hydrogens is 220 g/mol. The second-order valence-corrected chi connectivity index (χ2v) is 5.53. The lowest BCUT2D eigenvalue weighted by Crippen LogP contribution is -2.30. The molecule has 0 aliphatic rings. The van der Waals surface area contributed by atoms with Crippen molar-refractivity contribution in [1.29, 1.82) is 5.26 Å². The molecule has 2 nitrogen and oxygen atoms in total. The minimum atomic E-state index is -0.410. The third-order valence-electron chi connectivity index (χ3n) is 3.75. The van der Waals surface area contributed by atoms with Crippen molar-refractivity contribution >= 4 is 0 Å². The van der Waals surface area contributed by atoms with Crippen molar-refractivity contribution in [3.63, 3.8) is 0 Å². The van der Waals surface area contributed by atoms with E-state index in [0.29, 0.717) is 5.92 Å². The summed E-state index contributed by atoms with van der Waals surface area (Å²) >= 11 is 0. The van der Waals surface area contributed by atoms with Crippen LogP contribution in [0.5, 0.6) is 0 Å². The first kappa shape index (κ1) is 14.7. The number of nitriles is 1. The fourth-order valence-electron chi connectivity index (χ4n) is 2.26. The highest BCUT2D eigenvalue weighted by atomic mass is 14.9. The van der Waals surface area contributed by atoms with Gasteiger partial charge in [0.15, 0.2) is 0 Å². The molecule has 2 atom stereocenters. The van der Waals surface area contributed by atoms with Crippen molar-refractivity contribution in [3.8, 4) is 6.07 Å². The molecule has 0 saturated carbocycles. The first-order chi connectivity index (χ1) is 8.46. The second kappa shape index (κ2) is 6.02. The van der Waals surface area contributed by atoms with Crippen LogP contribution in [0.1, 0.15) is 57.2 Å². The molecular formula is C16H24N2. The van der Waals surface area contributed by atoms with Crippen molar-refractivity contribution in [2.24, 2.45) is 5.41 Å². The first-order valence-electron chi connectivity index (χ1n) is 6.64. The monoisotopic (exact) mass is 244 g/mol. The molecule has 1 rings (SSSR count). The summed E-state index contributed by atoms with van der Waals surface area (Å²) in [6.07, 6.45) is 1.15. The molecule has 0 saturated heterocycles. The zero-order valence-corrected chi connectivity index (χ0v) is 12.1. The molecule has 2 unspecified atom stereocenters. The lowest BCUT2D eigenvalue weighted by molar-refractivity contribution is 0.344. The molecule has 0 spiro atoms. The summed E-state index contributed by atoms with van der Waals surface area (Å²) in [6, 6.07) is 11.1. The van der Waals surface area contributed by atoms with E-state index < -0.39 is 5.41 Å². The normalized spacial score (nSPS) is 14.9. The van der Waals surface area contributed by atoms with Gasteiger partial charge in [-0.1, -0.05) is 38.1 Å². The van der Waals surface area contributed by atoms with Crippen LogP contribution >= 0.6 is 0 Å². The van der Waals surface area contributed by atoms with Gasteiger partial charge in [0.2, 0.25) is 0 Å². The van der Waals surface area contributed by atoms with Crippen LogP contribution in [0.3, 0.4) is 0 Å². The van der Waals surface area contributed by atoms with Gasteiger partial charge in [-0.2, -0.15) is 5.26 Å². The topological polar surface area (TPSA) is 35.8 Å². The Morgan fingerprint density at radius 3 is 2.11 bits per heavy atom. The van der Waals surface area contributed by atoms with Crippen LogP contribution in [-0.4, -0.2) is 7.05 Å². The molecule has 0 bridgehead atoms. The lowest BCUT2D eigenvalue weighted by atomic mass is 9.81. The van der Waals surface area contributed by atoms with Gasteiger partial charge in [-0.3, -0.25) is 0 Å². The van der Waals surface area contributed by atoms with E-state index >= 15 is 0 Å². The average Bonchev–Trinajstić information content (AvgIpc) is 2.39. The Morgan fingerprint density at radius 1 is 1.22 bits per heavy atom. The summed E-state index contributed by atoms with van der Waals surface area (Å²) in [4.78, 5) is 0. The number of hydrogen-bond donors (Lipinski definition) is 1. The molecule has 0 aromatic heterocycles. The van der Waals surface area contributed by atoms with Gasteiger partial charge in [-0.25, -0.2) is 0 Å². The average molecular weight is 244 g/mol. The van der Waals surface area contributed by atoms with Crippen molar-refractivity contribution in [3.05, 3.63) is 35.4 Å². The van der Waals surface area contributed by atoms with Crippen molar-refractivity contribution in [1.82, 2.24) is 5.32 Å². The van der Waals surface area contributed by atoms with Gasteiger partial charge in [0.05, 0.1) is 17.5 Å². The van der Waals surface area contributed by atoms with Gasteiger partial charge in [0.1, 0.15) is 0 Å². The standard InChI is InChI=1S/C16H24N2/c1-6-12(2)13-7-9-14(10-8-13)15(18-5)16(3,4)11-17/h7-10,12,15,18H,6H2,1-5H3. The Kier molecular flexibility index (Phi) is 4.93. The fourth-order valence-corrected chi connectivity index (χ4v) is 2.26. The molecule has 0 amide bonds. The van der Waals surface area contributed by atoms with E-state index in [1.807, 2.05) is 20.9 Å². The summed E-state index contributed by atoms with van der Waals surface area (Å²) < 4.78 is 0. The highest BCUT2D eigenvalue weighted by Gasteiger charge is 2.29.